The van der Waals surface area contributed by atoms with Crippen LogP contribution in [-0.2, 0) is 13.0 Å². The van der Waals surface area contributed by atoms with E-state index in [1.54, 1.807) is 14.2 Å². The number of benzene rings is 2. The van der Waals surface area contributed by atoms with Gasteiger partial charge >= 0.3 is 0 Å². The average Bonchev–Trinajstić information content (AvgIpc) is 2.62. The molecule has 0 aliphatic rings. The van der Waals surface area contributed by atoms with Gasteiger partial charge in [0.15, 0.2) is 11.5 Å². The normalized spacial score (nSPS) is 12.0. The number of aryl methyl sites for hydroxylation is 1. The molecule has 2 aromatic carbocycles. The van der Waals surface area contributed by atoms with Gasteiger partial charge in [-0.25, -0.2) is 0 Å². The van der Waals surface area contributed by atoms with Crippen LogP contribution in [0.25, 0.3) is 0 Å². The van der Waals surface area contributed by atoms with Crippen molar-refractivity contribution in [1.82, 2.24) is 5.32 Å². The van der Waals surface area contributed by atoms with E-state index in [0.717, 1.165) is 17.5 Å². The van der Waals surface area contributed by atoms with Gasteiger partial charge in [-0.05, 0) is 35.2 Å². The quantitative estimate of drug-likeness (QED) is 0.762. The van der Waals surface area contributed by atoms with E-state index in [1.807, 2.05) is 24.3 Å². The highest BCUT2D eigenvalue weighted by Crippen LogP contribution is 2.36. The van der Waals surface area contributed by atoms with Crippen molar-refractivity contribution < 1.29 is 14.6 Å². The molecule has 24 heavy (non-hydrogen) atoms. The SMILES string of the molecule is CCc1ccc(C(CO)NCc2cc(Cl)c(OC)c(OC)c2)cc1. The molecule has 0 aliphatic carbocycles. The molecule has 0 amide bonds. The molecule has 130 valence electrons. The Kier molecular flexibility index (Phi) is 6.91. The maximum absolute atomic E-state index is 9.69. The first-order valence-corrected chi connectivity index (χ1v) is 8.34. The van der Waals surface area contributed by atoms with Crippen molar-refractivity contribution in [3.8, 4) is 11.5 Å². The summed E-state index contributed by atoms with van der Waals surface area (Å²) in [5.74, 6) is 1.12. The van der Waals surface area contributed by atoms with Crippen LogP contribution < -0.4 is 14.8 Å². The molecule has 2 rings (SSSR count). The summed E-state index contributed by atoms with van der Waals surface area (Å²) in [6.45, 7) is 2.70. The van der Waals surface area contributed by atoms with E-state index < -0.39 is 0 Å². The van der Waals surface area contributed by atoms with Gasteiger partial charge in [0, 0.05) is 6.54 Å². The van der Waals surface area contributed by atoms with E-state index in [2.05, 4.69) is 24.4 Å². The smallest absolute Gasteiger partial charge is 0.179 e. The first-order valence-electron chi connectivity index (χ1n) is 7.96. The van der Waals surface area contributed by atoms with Crippen LogP contribution in [0.4, 0.5) is 0 Å². The highest BCUT2D eigenvalue weighted by molar-refractivity contribution is 6.32. The third-order valence-corrected chi connectivity index (χ3v) is 4.30. The molecule has 5 heteroatoms. The summed E-state index contributed by atoms with van der Waals surface area (Å²) < 4.78 is 10.6. The fraction of sp³-hybridized carbons (Fsp3) is 0.368. The van der Waals surface area contributed by atoms with Crippen LogP contribution in [0.15, 0.2) is 36.4 Å². The lowest BCUT2D eigenvalue weighted by Gasteiger charge is -2.18. The van der Waals surface area contributed by atoms with Crippen molar-refractivity contribution in [3.63, 3.8) is 0 Å². The highest BCUT2D eigenvalue weighted by Gasteiger charge is 2.13. The van der Waals surface area contributed by atoms with Gasteiger partial charge in [-0.2, -0.15) is 0 Å². The molecule has 1 atom stereocenters. The van der Waals surface area contributed by atoms with Crippen LogP contribution in [0, 0.1) is 0 Å². The second kappa shape index (κ2) is 8.92. The molecule has 0 aliphatic heterocycles. The van der Waals surface area contributed by atoms with Gasteiger partial charge in [-0.15, -0.1) is 0 Å². The van der Waals surface area contributed by atoms with Gasteiger partial charge in [0.1, 0.15) is 0 Å². The Balaban J connectivity index is 2.11. The minimum Gasteiger partial charge on any atom is -0.493 e. The van der Waals surface area contributed by atoms with Crippen molar-refractivity contribution in [2.24, 2.45) is 0 Å². The number of hydrogen-bond donors (Lipinski definition) is 2. The van der Waals surface area contributed by atoms with Crippen molar-refractivity contribution in [2.75, 3.05) is 20.8 Å². The Bertz CT molecular complexity index is 658. The molecule has 0 saturated heterocycles. The molecular weight excluding hydrogens is 326 g/mol. The third-order valence-electron chi connectivity index (χ3n) is 4.02. The van der Waals surface area contributed by atoms with Crippen molar-refractivity contribution >= 4 is 11.6 Å². The standard InChI is InChI=1S/C19H24ClNO3/c1-4-13-5-7-15(8-6-13)17(12-22)21-11-14-9-16(20)19(24-3)18(10-14)23-2/h5-10,17,21-22H,4,11-12H2,1-3H3. The van der Waals surface area contributed by atoms with Gasteiger partial charge < -0.3 is 19.9 Å². The molecule has 0 spiro atoms. The predicted octanol–water partition coefficient (Wildman–Crippen LogP) is 3.74. The van der Waals surface area contributed by atoms with E-state index in [-0.39, 0.29) is 12.6 Å². The van der Waals surface area contributed by atoms with Crippen LogP contribution in [0.1, 0.15) is 29.7 Å². The van der Waals surface area contributed by atoms with Crippen molar-refractivity contribution in [3.05, 3.63) is 58.1 Å². The molecule has 0 aromatic heterocycles. The zero-order valence-corrected chi connectivity index (χ0v) is 15.1. The molecule has 4 nitrogen and oxygen atoms in total. The number of aliphatic hydroxyl groups excluding tert-OH is 1. The number of aliphatic hydroxyl groups is 1. The molecule has 0 fully saturated rings. The monoisotopic (exact) mass is 349 g/mol. The molecule has 2 N–H and O–H groups in total. The Morgan fingerprint density at radius 1 is 1.08 bits per heavy atom. The summed E-state index contributed by atoms with van der Waals surface area (Å²) in [4.78, 5) is 0. The number of nitrogens with one attached hydrogen (secondary N) is 1. The van der Waals surface area contributed by atoms with E-state index in [1.165, 1.54) is 5.56 Å². The summed E-state index contributed by atoms with van der Waals surface area (Å²) in [6, 6.07) is 11.9. The second-order valence-electron chi connectivity index (χ2n) is 5.52. The van der Waals surface area contributed by atoms with Crippen molar-refractivity contribution in [1.29, 1.82) is 0 Å². The number of rotatable bonds is 8. The van der Waals surface area contributed by atoms with Gasteiger partial charge in [0.05, 0.1) is 31.9 Å². The second-order valence-corrected chi connectivity index (χ2v) is 5.93. The fourth-order valence-electron chi connectivity index (χ4n) is 2.59. The van der Waals surface area contributed by atoms with Crippen LogP contribution in [0.3, 0.4) is 0 Å². The molecule has 0 heterocycles. The summed E-state index contributed by atoms with van der Waals surface area (Å²) >= 11 is 6.23. The highest BCUT2D eigenvalue weighted by atomic mass is 35.5. The molecule has 0 bridgehead atoms. The lowest BCUT2D eigenvalue weighted by atomic mass is 10.0. The van der Waals surface area contributed by atoms with Crippen LogP contribution >= 0.6 is 11.6 Å². The average molecular weight is 350 g/mol. The van der Waals surface area contributed by atoms with Gasteiger partial charge in [-0.1, -0.05) is 42.8 Å². The minimum atomic E-state index is -0.136. The number of halogens is 1. The van der Waals surface area contributed by atoms with E-state index in [9.17, 15) is 5.11 Å². The molecule has 0 saturated carbocycles. The van der Waals surface area contributed by atoms with E-state index in [0.29, 0.717) is 23.1 Å². The fourth-order valence-corrected chi connectivity index (χ4v) is 2.90. The zero-order valence-electron chi connectivity index (χ0n) is 14.3. The van der Waals surface area contributed by atoms with Gasteiger partial charge in [0.2, 0.25) is 0 Å². The predicted molar refractivity (Wildman–Crippen MR) is 97.0 cm³/mol. The largest absolute Gasteiger partial charge is 0.493 e. The van der Waals surface area contributed by atoms with Crippen LogP contribution in [-0.4, -0.2) is 25.9 Å². The Labute approximate surface area is 148 Å². The maximum atomic E-state index is 9.69. The topological polar surface area (TPSA) is 50.7 Å². The molecule has 0 radical (unpaired) electrons. The third kappa shape index (κ3) is 4.41. The Hall–Kier alpha value is -1.75. The van der Waals surface area contributed by atoms with Crippen molar-refractivity contribution in [2.45, 2.75) is 25.9 Å². The lowest BCUT2D eigenvalue weighted by molar-refractivity contribution is 0.243. The summed E-state index contributed by atoms with van der Waals surface area (Å²) in [5, 5.41) is 13.5. The van der Waals surface area contributed by atoms with Crippen LogP contribution in [0.5, 0.6) is 11.5 Å². The molecular formula is C19H24ClNO3. The first kappa shape index (κ1) is 18.6. The number of ether oxygens (including phenoxy) is 2. The maximum Gasteiger partial charge on any atom is 0.179 e. The zero-order chi connectivity index (χ0) is 17.5. The Morgan fingerprint density at radius 2 is 1.79 bits per heavy atom. The van der Waals surface area contributed by atoms with Crippen LogP contribution in [0.2, 0.25) is 5.02 Å². The number of methoxy groups -OCH3 is 2. The van der Waals surface area contributed by atoms with Gasteiger partial charge in [0.25, 0.3) is 0 Å². The molecule has 2 aromatic rings. The minimum absolute atomic E-state index is 0.0203. The lowest BCUT2D eigenvalue weighted by Crippen LogP contribution is -2.24. The summed E-state index contributed by atoms with van der Waals surface area (Å²) in [6.07, 6.45) is 1.00. The molecule has 1 unspecified atom stereocenters. The van der Waals surface area contributed by atoms with E-state index >= 15 is 0 Å². The van der Waals surface area contributed by atoms with Gasteiger partial charge in [-0.3, -0.25) is 0 Å². The summed E-state index contributed by atoms with van der Waals surface area (Å²) in [7, 11) is 3.14. The Morgan fingerprint density at radius 3 is 2.33 bits per heavy atom. The summed E-state index contributed by atoms with van der Waals surface area (Å²) in [5.41, 5.74) is 3.30. The van der Waals surface area contributed by atoms with E-state index in [4.69, 9.17) is 21.1 Å². The first-order chi connectivity index (χ1) is 11.6. The number of hydrogen-bond acceptors (Lipinski definition) is 4.